The predicted octanol–water partition coefficient (Wildman–Crippen LogP) is 3.04. The summed E-state index contributed by atoms with van der Waals surface area (Å²) in [6.45, 7) is 3.48. The molecule has 30 heavy (non-hydrogen) atoms. The van der Waals surface area contributed by atoms with Gasteiger partial charge in [-0.3, -0.25) is 14.2 Å². The molecule has 1 N–H and O–H groups in total. The van der Waals surface area contributed by atoms with Crippen molar-refractivity contribution in [2.45, 2.75) is 58.5 Å². The number of aromatic nitrogens is 4. The third-order valence-corrected chi connectivity index (χ3v) is 5.96. The molecule has 0 aliphatic heterocycles. The second-order valence-electron chi connectivity index (χ2n) is 8.31. The van der Waals surface area contributed by atoms with E-state index in [1.807, 2.05) is 25.1 Å². The van der Waals surface area contributed by atoms with E-state index in [0.29, 0.717) is 37.1 Å². The number of aryl methyl sites for hydroxylation is 1. The number of fused-ring (bicyclic) bond motifs is 1. The fraction of sp³-hybridized carbons (Fsp3) is 0.478. The maximum atomic E-state index is 12.8. The molecule has 0 radical (unpaired) electrons. The Morgan fingerprint density at radius 2 is 2.10 bits per heavy atom. The van der Waals surface area contributed by atoms with Crippen molar-refractivity contribution in [1.29, 1.82) is 0 Å². The Balaban J connectivity index is 1.35. The average Bonchev–Trinajstić information content (AvgIpc) is 3.39. The molecule has 4 rings (SSSR count). The summed E-state index contributed by atoms with van der Waals surface area (Å²) in [4.78, 5) is 29.4. The molecule has 3 aromatic rings. The van der Waals surface area contributed by atoms with E-state index in [9.17, 15) is 9.59 Å². The number of nitrogens with one attached hydrogen (secondary N) is 1. The molecule has 158 valence electrons. The first-order valence-electron chi connectivity index (χ1n) is 10.8. The first-order chi connectivity index (χ1) is 14.6. The molecule has 1 saturated carbocycles. The van der Waals surface area contributed by atoms with E-state index in [1.165, 1.54) is 25.7 Å². The fourth-order valence-corrected chi connectivity index (χ4v) is 4.30. The Morgan fingerprint density at radius 1 is 1.27 bits per heavy atom. The number of benzene rings is 1. The van der Waals surface area contributed by atoms with E-state index >= 15 is 0 Å². The van der Waals surface area contributed by atoms with Crippen molar-refractivity contribution in [2.75, 3.05) is 6.54 Å². The minimum Gasteiger partial charge on any atom is -0.354 e. The van der Waals surface area contributed by atoms with Crippen LogP contribution in [0.3, 0.4) is 0 Å². The van der Waals surface area contributed by atoms with E-state index in [2.05, 4.69) is 21.5 Å². The van der Waals surface area contributed by atoms with E-state index in [4.69, 9.17) is 0 Å². The molecule has 1 aromatic carbocycles. The van der Waals surface area contributed by atoms with Crippen LogP contribution in [-0.2, 0) is 17.9 Å². The van der Waals surface area contributed by atoms with E-state index in [-0.39, 0.29) is 11.5 Å². The Bertz CT molecular complexity index is 1080. The van der Waals surface area contributed by atoms with Crippen LogP contribution in [0.5, 0.6) is 0 Å². The molecule has 7 nitrogen and oxygen atoms in total. The van der Waals surface area contributed by atoms with Crippen molar-refractivity contribution in [1.82, 2.24) is 24.6 Å². The van der Waals surface area contributed by atoms with Crippen LogP contribution in [0.2, 0.25) is 0 Å². The molecule has 0 saturated heterocycles. The molecule has 0 unspecified atom stereocenters. The Hall–Kier alpha value is -2.96. The van der Waals surface area contributed by atoms with Crippen molar-refractivity contribution in [3.05, 3.63) is 58.3 Å². The molecule has 2 heterocycles. The second kappa shape index (κ2) is 9.24. The molecule has 0 atom stereocenters. The lowest BCUT2D eigenvalue weighted by molar-refractivity contribution is -0.121. The third kappa shape index (κ3) is 4.78. The van der Waals surface area contributed by atoms with Crippen molar-refractivity contribution < 1.29 is 4.79 Å². The summed E-state index contributed by atoms with van der Waals surface area (Å²) in [6, 6.07) is 8.09. The molecule has 2 aromatic heterocycles. The van der Waals surface area contributed by atoms with Crippen LogP contribution in [0.25, 0.3) is 11.0 Å². The Labute approximate surface area is 176 Å². The van der Waals surface area contributed by atoms with Crippen molar-refractivity contribution in [3.63, 3.8) is 0 Å². The van der Waals surface area contributed by atoms with Gasteiger partial charge < -0.3 is 5.32 Å². The van der Waals surface area contributed by atoms with Crippen LogP contribution in [0.1, 0.15) is 49.7 Å². The molecule has 1 aliphatic carbocycles. The van der Waals surface area contributed by atoms with Gasteiger partial charge in [0.25, 0.3) is 5.56 Å². The summed E-state index contributed by atoms with van der Waals surface area (Å²) in [5.74, 6) is 0.809. The van der Waals surface area contributed by atoms with Crippen LogP contribution < -0.4 is 10.9 Å². The lowest BCUT2D eigenvalue weighted by atomic mass is 10.0. The quantitative estimate of drug-likeness (QED) is 0.622. The highest BCUT2D eigenvalue weighted by Crippen LogP contribution is 2.28. The normalized spacial score (nSPS) is 14.4. The largest absolute Gasteiger partial charge is 0.354 e. The number of nitrogens with zero attached hydrogens (tertiary/aromatic N) is 4. The van der Waals surface area contributed by atoms with Gasteiger partial charge in [-0.05, 0) is 24.8 Å². The van der Waals surface area contributed by atoms with Crippen LogP contribution in [0.4, 0.5) is 0 Å². The highest BCUT2D eigenvalue weighted by atomic mass is 16.1. The first-order valence-corrected chi connectivity index (χ1v) is 10.8. The maximum Gasteiger partial charge on any atom is 0.264 e. The van der Waals surface area contributed by atoms with Gasteiger partial charge in [0.1, 0.15) is 11.7 Å². The average molecular weight is 408 g/mol. The van der Waals surface area contributed by atoms with E-state index < -0.39 is 0 Å². The highest BCUT2D eigenvalue weighted by Gasteiger charge is 2.16. The zero-order chi connectivity index (χ0) is 20.9. The molecule has 0 spiro atoms. The molecule has 1 amide bonds. The molecular weight excluding hydrogens is 378 g/mol. The van der Waals surface area contributed by atoms with Gasteiger partial charge in [0.2, 0.25) is 5.91 Å². The smallest absolute Gasteiger partial charge is 0.264 e. The van der Waals surface area contributed by atoms with E-state index in [0.717, 1.165) is 23.5 Å². The van der Waals surface area contributed by atoms with Crippen molar-refractivity contribution in [3.8, 4) is 0 Å². The number of hydrogen-bond donors (Lipinski definition) is 1. The van der Waals surface area contributed by atoms with Crippen molar-refractivity contribution in [2.24, 2.45) is 5.92 Å². The van der Waals surface area contributed by atoms with Gasteiger partial charge in [-0.1, -0.05) is 55.5 Å². The fourth-order valence-electron chi connectivity index (χ4n) is 4.30. The number of amides is 1. The Morgan fingerprint density at radius 3 is 2.90 bits per heavy atom. The monoisotopic (exact) mass is 407 g/mol. The van der Waals surface area contributed by atoms with Gasteiger partial charge >= 0.3 is 0 Å². The van der Waals surface area contributed by atoms with Gasteiger partial charge in [0.15, 0.2) is 5.65 Å². The van der Waals surface area contributed by atoms with Crippen LogP contribution >= 0.6 is 0 Å². The third-order valence-electron chi connectivity index (χ3n) is 5.96. The maximum absolute atomic E-state index is 12.8. The number of carbonyl (C=O) groups is 1. The first kappa shape index (κ1) is 20.3. The molecule has 1 aliphatic rings. The summed E-state index contributed by atoms with van der Waals surface area (Å²) < 4.78 is 3.29. The SMILES string of the molecule is Cc1cccc(Cn2cnc3c(cnn3CCNC(=O)CCC3CCCC3)c2=O)c1. The number of carbonyl (C=O) groups excluding carboxylic acids is 1. The molecule has 0 bridgehead atoms. The van der Waals surface area contributed by atoms with Crippen molar-refractivity contribution >= 4 is 16.9 Å². The van der Waals surface area contributed by atoms with Crippen LogP contribution in [0.15, 0.2) is 41.6 Å². The van der Waals surface area contributed by atoms with Gasteiger partial charge in [-0.25, -0.2) is 9.67 Å². The summed E-state index contributed by atoms with van der Waals surface area (Å²) in [7, 11) is 0. The van der Waals surface area contributed by atoms with Gasteiger partial charge in [-0.2, -0.15) is 5.10 Å². The minimum atomic E-state index is -0.103. The van der Waals surface area contributed by atoms with Gasteiger partial charge in [-0.15, -0.1) is 0 Å². The molecule has 7 heteroatoms. The topological polar surface area (TPSA) is 81.8 Å². The molecular formula is C23H29N5O2. The van der Waals surface area contributed by atoms with Crippen LogP contribution in [-0.4, -0.2) is 31.8 Å². The summed E-state index contributed by atoms with van der Waals surface area (Å²) in [5.41, 5.74) is 2.67. The summed E-state index contributed by atoms with van der Waals surface area (Å²) in [5, 5.41) is 7.77. The van der Waals surface area contributed by atoms with Gasteiger partial charge in [0, 0.05) is 13.0 Å². The number of rotatable bonds is 8. The molecule has 1 fully saturated rings. The summed E-state index contributed by atoms with van der Waals surface area (Å²) in [6.07, 6.45) is 9.85. The minimum absolute atomic E-state index is 0.0897. The van der Waals surface area contributed by atoms with Gasteiger partial charge in [0.05, 0.1) is 19.3 Å². The zero-order valence-corrected chi connectivity index (χ0v) is 17.5. The summed E-state index contributed by atoms with van der Waals surface area (Å²) >= 11 is 0. The zero-order valence-electron chi connectivity index (χ0n) is 17.5. The van der Waals surface area contributed by atoms with Crippen LogP contribution in [0, 0.1) is 12.8 Å². The number of hydrogen-bond acceptors (Lipinski definition) is 4. The lowest BCUT2D eigenvalue weighted by Gasteiger charge is -2.10. The standard InChI is InChI=1S/C23H29N5O2/c1-17-5-4-8-19(13-17)15-27-16-25-22-20(23(27)30)14-26-28(22)12-11-24-21(29)10-9-18-6-2-3-7-18/h4-5,8,13-14,16,18H,2-3,6-7,9-12,15H2,1H3,(H,24,29). The predicted molar refractivity (Wildman–Crippen MR) is 116 cm³/mol. The lowest BCUT2D eigenvalue weighted by Crippen LogP contribution is -2.28. The highest BCUT2D eigenvalue weighted by molar-refractivity contribution is 5.76. The second-order valence-corrected chi connectivity index (χ2v) is 8.31. The van der Waals surface area contributed by atoms with E-state index in [1.54, 1.807) is 21.8 Å². The Kier molecular flexibility index (Phi) is 6.26.